The van der Waals surface area contributed by atoms with Crippen molar-refractivity contribution in [1.29, 1.82) is 0 Å². The fraction of sp³-hybridized carbons (Fsp3) is 0.318. The summed E-state index contributed by atoms with van der Waals surface area (Å²) in [7, 11) is 0. The van der Waals surface area contributed by atoms with Crippen LogP contribution in [-0.4, -0.2) is 33.8 Å². The molecular weight excluding hydrogens is 400 g/mol. The number of piperidine rings is 1. The highest BCUT2D eigenvalue weighted by atomic mass is 35.5. The second-order valence-electron chi connectivity index (χ2n) is 7.62. The van der Waals surface area contributed by atoms with Gasteiger partial charge >= 0.3 is 0 Å². The van der Waals surface area contributed by atoms with Gasteiger partial charge in [0, 0.05) is 37.7 Å². The van der Waals surface area contributed by atoms with Gasteiger partial charge in [-0.15, -0.1) is 12.4 Å². The highest BCUT2D eigenvalue weighted by molar-refractivity contribution is 6.03. The van der Waals surface area contributed by atoms with Crippen LogP contribution in [0.25, 0.3) is 0 Å². The predicted molar refractivity (Wildman–Crippen MR) is 119 cm³/mol. The lowest BCUT2D eigenvalue weighted by atomic mass is 10.1. The van der Waals surface area contributed by atoms with Crippen LogP contribution in [0.2, 0.25) is 0 Å². The summed E-state index contributed by atoms with van der Waals surface area (Å²) in [6.45, 7) is 3.47. The fourth-order valence-corrected chi connectivity index (χ4v) is 4.15. The quantitative estimate of drug-likeness (QED) is 0.671. The smallest absolute Gasteiger partial charge is 0.276 e. The number of halogens is 1. The number of nitrogens with one attached hydrogen (secondary N) is 2. The number of benzene rings is 1. The van der Waals surface area contributed by atoms with Crippen LogP contribution in [0.3, 0.4) is 0 Å². The van der Waals surface area contributed by atoms with Crippen LogP contribution in [-0.2, 0) is 13.1 Å². The summed E-state index contributed by atoms with van der Waals surface area (Å²) in [4.78, 5) is 19.5. The molecular formula is C22H25ClN6O. The lowest BCUT2D eigenvalue weighted by Crippen LogP contribution is -2.32. The second kappa shape index (κ2) is 8.85. The first kappa shape index (κ1) is 20.4. The lowest BCUT2D eigenvalue weighted by molar-refractivity contribution is 0.102. The Morgan fingerprint density at radius 2 is 2.07 bits per heavy atom. The number of aromatic nitrogens is 3. The Morgan fingerprint density at radius 3 is 2.87 bits per heavy atom. The summed E-state index contributed by atoms with van der Waals surface area (Å²) in [6, 6.07) is 14.1. The highest BCUT2D eigenvalue weighted by Crippen LogP contribution is 2.32. The Labute approximate surface area is 181 Å². The standard InChI is InChI=1S/C22H24N6O.ClH/c29-22(20-9-12-28(26-20)17-6-4-10-23-13-17)25-19-7-3-5-16-14-27(15-18(16)19)21-8-1-2-11-24-21;/h1-3,5,7-9,11-12,17,23H,4,6,10,13-15H2,(H,25,29);1H. The van der Waals surface area contributed by atoms with Crippen LogP contribution in [0.4, 0.5) is 11.5 Å². The van der Waals surface area contributed by atoms with E-state index >= 15 is 0 Å². The van der Waals surface area contributed by atoms with Gasteiger partial charge in [0.25, 0.3) is 5.91 Å². The van der Waals surface area contributed by atoms with Crippen LogP contribution in [0.15, 0.2) is 54.9 Å². The summed E-state index contributed by atoms with van der Waals surface area (Å²) in [5, 5.41) is 11.0. The maximum absolute atomic E-state index is 12.8. The Balaban J connectivity index is 0.00000218. The van der Waals surface area contributed by atoms with Gasteiger partial charge in [0.05, 0.1) is 6.04 Å². The average Bonchev–Trinajstić information content (AvgIpc) is 3.43. The molecule has 1 saturated heterocycles. The summed E-state index contributed by atoms with van der Waals surface area (Å²) in [5.74, 6) is 0.776. The van der Waals surface area contributed by atoms with Gasteiger partial charge in [0.15, 0.2) is 5.69 Å². The summed E-state index contributed by atoms with van der Waals surface area (Å²) in [5.41, 5.74) is 3.65. The topological polar surface area (TPSA) is 75.1 Å². The third-order valence-electron chi connectivity index (χ3n) is 5.69. The third-order valence-corrected chi connectivity index (χ3v) is 5.69. The highest BCUT2D eigenvalue weighted by Gasteiger charge is 2.24. The van der Waals surface area contributed by atoms with E-state index in [-0.39, 0.29) is 18.3 Å². The molecule has 30 heavy (non-hydrogen) atoms. The van der Waals surface area contributed by atoms with Gasteiger partial charge in [-0.05, 0) is 54.8 Å². The molecule has 0 spiro atoms. The molecule has 1 atom stereocenters. The molecule has 156 valence electrons. The summed E-state index contributed by atoms with van der Waals surface area (Å²) < 4.78 is 1.92. The Kier molecular flexibility index (Phi) is 6.01. The van der Waals surface area contributed by atoms with Gasteiger partial charge in [-0.1, -0.05) is 18.2 Å². The number of hydrogen-bond acceptors (Lipinski definition) is 5. The van der Waals surface area contributed by atoms with Crippen molar-refractivity contribution < 1.29 is 4.79 Å². The Hall–Kier alpha value is -2.90. The maximum atomic E-state index is 12.8. The molecule has 4 heterocycles. The molecule has 7 nitrogen and oxygen atoms in total. The molecule has 2 aliphatic heterocycles. The van der Waals surface area contributed by atoms with E-state index in [1.807, 2.05) is 41.2 Å². The molecule has 0 radical (unpaired) electrons. The maximum Gasteiger partial charge on any atom is 0.276 e. The fourth-order valence-electron chi connectivity index (χ4n) is 4.15. The summed E-state index contributed by atoms with van der Waals surface area (Å²) in [6.07, 6.45) is 5.93. The zero-order chi connectivity index (χ0) is 19.6. The molecule has 1 unspecified atom stereocenters. The van der Waals surface area contributed by atoms with Crippen LogP contribution < -0.4 is 15.5 Å². The Morgan fingerprint density at radius 1 is 1.13 bits per heavy atom. The first-order chi connectivity index (χ1) is 14.3. The number of pyridine rings is 1. The minimum atomic E-state index is -0.169. The van der Waals surface area contributed by atoms with Gasteiger partial charge in [-0.2, -0.15) is 5.10 Å². The SMILES string of the molecule is Cl.O=C(Nc1cccc2c1CN(c1ccccn1)C2)c1ccn(C2CCCNC2)n1. The number of hydrogen-bond donors (Lipinski definition) is 2. The zero-order valence-corrected chi connectivity index (χ0v) is 17.4. The van der Waals surface area contributed by atoms with Gasteiger partial charge in [-0.3, -0.25) is 9.48 Å². The van der Waals surface area contributed by atoms with Crippen LogP contribution >= 0.6 is 12.4 Å². The molecule has 2 N–H and O–H groups in total. The van der Waals surface area contributed by atoms with Gasteiger partial charge in [0.2, 0.25) is 0 Å². The molecule has 2 aromatic heterocycles. The zero-order valence-electron chi connectivity index (χ0n) is 16.6. The molecule has 1 aromatic carbocycles. The molecule has 2 aliphatic rings. The van der Waals surface area contributed by atoms with Crippen molar-refractivity contribution in [3.05, 3.63) is 71.7 Å². The number of fused-ring (bicyclic) bond motifs is 1. The number of anilines is 2. The van der Waals surface area contributed by atoms with E-state index in [2.05, 4.69) is 31.7 Å². The normalized spacial score (nSPS) is 17.9. The van der Waals surface area contributed by atoms with E-state index in [1.54, 1.807) is 12.3 Å². The first-order valence-corrected chi connectivity index (χ1v) is 10.1. The van der Waals surface area contributed by atoms with Gasteiger partial charge in [-0.25, -0.2) is 4.98 Å². The number of rotatable bonds is 4. The monoisotopic (exact) mass is 424 g/mol. The minimum Gasteiger partial charge on any atom is -0.348 e. The van der Waals surface area contributed by atoms with E-state index in [9.17, 15) is 4.79 Å². The lowest BCUT2D eigenvalue weighted by Gasteiger charge is -2.22. The molecule has 3 aromatic rings. The molecule has 5 rings (SSSR count). The van der Waals surface area contributed by atoms with E-state index in [0.29, 0.717) is 11.7 Å². The number of nitrogens with zero attached hydrogens (tertiary/aromatic N) is 4. The molecule has 1 amide bonds. The van der Waals surface area contributed by atoms with E-state index in [4.69, 9.17) is 0 Å². The van der Waals surface area contributed by atoms with Crippen molar-refractivity contribution in [3.8, 4) is 0 Å². The molecule has 0 saturated carbocycles. The third kappa shape index (κ3) is 4.04. The van der Waals surface area contributed by atoms with Crippen LogP contribution in [0, 0.1) is 0 Å². The van der Waals surface area contributed by atoms with Crippen molar-refractivity contribution >= 4 is 29.8 Å². The van der Waals surface area contributed by atoms with Gasteiger partial charge < -0.3 is 15.5 Å². The molecule has 1 fully saturated rings. The van der Waals surface area contributed by atoms with Crippen molar-refractivity contribution in [2.75, 3.05) is 23.3 Å². The molecule has 8 heteroatoms. The largest absolute Gasteiger partial charge is 0.348 e. The van der Waals surface area contributed by atoms with Gasteiger partial charge in [0.1, 0.15) is 5.82 Å². The second-order valence-corrected chi connectivity index (χ2v) is 7.62. The number of amides is 1. The van der Waals surface area contributed by atoms with Crippen molar-refractivity contribution in [2.45, 2.75) is 32.0 Å². The first-order valence-electron chi connectivity index (χ1n) is 10.1. The number of carbonyl (C=O) groups excluding carboxylic acids is 1. The van der Waals surface area contributed by atoms with Crippen molar-refractivity contribution in [1.82, 2.24) is 20.1 Å². The number of carbonyl (C=O) groups is 1. The van der Waals surface area contributed by atoms with Crippen LogP contribution in [0.5, 0.6) is 0 Å². The van der Waals surface area contributed by atoms with E-state index < -0.39 is 0 Å². The van der Waals surface area contributed by atoms with Crippen molar-refractivity contribution in [2.24, 2.45) is 0 Å². The predicted octanol–water partition coefficient (Wildman–Crippen LogP) is 3.40. The summed E-state index contributed by atoms with van der Waals surface area (Å²) >= 11 is 0. The van der Waals surface area contributed by atoms with Crippen molar-refractivity contribution in [3.63, 3.8) is 0 Å². The minimum absolute atomic E-state index is 0. The van der Waals surface area contributed by atoms with E-state index in [1.165, 1.54) is 5.56 Å². The Bertz CT molecular complexity index is 1020. The molecule has 0 aliphatic carbocycles. The average molecular weight is 425 g/mol. The van der Waals surface area contributed by atoms with E-state index in [0.717, 1.165) is 56.1 Å². The van der Waals surface area contributed by atoms with Crippen LogP contribution in [0.1, 0.15) is 40.5 Å². The molecule has 0 bridgehead atoms.